The summed E-state index contributed by atoms with van der Waals surface area (Å²) in [6, 6.07) is 6.42. The van der Waals surface area contributed by atoms with Crippen molar-refractivity contribution in [1.29, 1.82) is 0 Å². The normalized spacial score (nSPS) is 11.4. The minimum atomic E-state index is -3.47. The van der Waals surface area contributed by atoms with Crippen molar-refractivity contribution in [3.8, 4) is 5.75 Å². The van der Waals surface area contributed by atoms with Crippen molar-refractivity contribution in [3.05, 3.63) is 36.7 Å². The molecule has 2 aromatic rings. The molecule has 0 fully saturated rings. The monoisotopic (exact) mass is 295 g/mol. The number of nitrogens with two attached hydrogens (primary N) is 1. The molecule has 7 heteroatoms. The summed E-state index contributed by atoms with van der Waals surface area (Å²) in [5.41, 5.74) is 5.99. The number of aromatic nitrogens is 2. The standard InChI is InChI=1S/C13H17N3O3S/c1-2-19-11-4-5-12(14)13(10-11)20(17,18)9-8-16-7-3-6-15-16/h3-7,10H,2,8-9,14H2,1H3. The Morgan fingerprint density at radius 3 is 2.85 bits per heavy atom. The Hall–Kier alpha value is -2.02. The third-order valence-corrected chi connectivity index (χ3v) is 4.52. The highest BCUT2D eigenvalue weighted by molar-refractivity contribution is 7.91. The second kappa shape index (κ2) is 5.96. The van der Waals surface area contributed by atoms with E-state index in [2.05, 4.69) is 5.10 Å². The van der Waals surface area contributed by atoms with Crippen LogP contribution in [0.2, 0.25) is 0 Å². The summed E-state index contributed by atoms with van der Waals surface area (Å²) < 4.78 is 31.5. The summed E-state index contributed by atoms with van der Waals surface area (Å²) in [5.74, 6) is 0.438. The maximum Gasteiger partial charge on any atom is 0.182 e. The van der Waals surface area contributed by atoms with Gasteiger partial charge in [-0.05, 0) is 25.1 Å². The molecule has 0 aliphatic carbocycles. The number of rotatable bonds is 6. The van der Waals surface area contributed by atoms with Crippen molar-refractivity contribution in [2.75, 3.05) is 18.1 Å². The number of benzene rings is 1. The Morgan fingerprint density at radius 2 is 2.20 bits per heavy atom. The summed E-state index contributed by atoms with van der Waals surface area (Å²) >= 11 is 0. The number of ether oxygens (including phenoxy) is 1. The topological polar surface area (TPSA) is 87.2 Å². The molecular formula is C13H17N3O3S. The number of nitrogen functional groups attached to an aromatic ring is 1. The molecule has 0 amide bonds. The predicted molar refractivity (Wildman–Crippen MR) is 76.3 cm³/mol. The molecule has 0 radical (unpaired) electrons. The maximum absolute atomic E-state index is 12.3. The lowest BCUT2D eigenvalue weighted by Crippen LogP contribution is -2.15. The summed E-state index contributed by atoms with van der Waals surface area (Å²) in [6.45, 7) is 2.59. The number of aryl methyl sites for hydroxylation is 1. The van der Waals surface area contributed by atoms with E-state index in [1.54, 1.807) is 35.3 Å². The van der Waals surface area contributed by atoms with Crippen LogP contribution < -0.4 is 10.5 Å². The first-order valence-corrected chi connectivity index (χ1v) is 7.90. The van der Waals surface area contributed by atoms with Gasteiger partial charge < -0.3 is 10.5 Å². The van der Waals surface area contributed by atoms with Gasteiger partial charge in [0.2, 0.25) is 0 Å². The van der Waals surface area contributed by atoms with Crippen molar-refractivity contribution in [3.63, 3.8) is 0 Å². The quantitative estimate of drug-likeness (QED) is 0.813. The molecular weight excluding hydrogens is 278 g/mol. The molecule has 1 aromatic heterocycles. The molecule has 2 N–H and O–H groups in total. The molecule has 2 rings (SSSR count). The summed E-state index contributed by atoms with van der Waals surface area (Å²) in [7, 11) is -3.47. The molecule has 0 atom stereocenters. The molecule has 108 valence electrons. The average Bonchev–Trinajstić information content (AvgIpc) is 2.92. The van der Waals surface area contributed by atoms with E-state index < -0.39 is 9.84 Å². The Bertz CT molecular complexity index is 666. The number of nitrogens with zero attached hydrogens (tertiary/aromatic N) is 2. The van der Waals surface area contributed by atoms with E-state index in [0.29, 0.717) is 12.4 Å². The van der Waals surface area contributed by atoms with Gasteiger partial charge in [-0.2, -0.15) is 5.10 Å². The lowest BCUT2D eigenvalue weighted by Gasteiger charge is -2.10. The van der Waals surface area contributed by atoms with E-state index in [1.807, 2.05) is 6.92 Å². The molecule has 0 bridgehead atoms. The Balaban J connectivity index is 2.21. The van der Waals surface area contributed by atoms with Crippen LogP contribution in [-0.4, -0.2) is 30.6 Å². The van der Waals surface area contributed by atoms with E-state index in [0.717, 1.165) is 0 Å². The minimum Gasteiger partial charge on any atom is -0.494 e. The van der Waals surface area contributed by atoms with Crippen LogP contribution in [0.15, 0.2) is 41.6 Å². The first-order chi connectivity index (χ1) is 9.53. The fourth-order valence-corrected chi connectivity index (χ4v) is 3.17. The van der Waals surface area contributed by atoms with Gasteiger partial charge in [-0.15, -0.1) is 0 Å². The third kappa shape index (κ3) is 3.30. The van der Waals surface area contributed by atoms with Crippen LogP contribution in [0.4, 0.5) is 5.69 Å². The maximum atomic E-state index is 12.3. The zero-order chi connectivity index (χ0) is 14.6. The SMILES string of the molecule is CCOc1ccc(N)c(S(=O)(=O)CCn2cccn2)c1. The number of hydrogen-bond acceptors (Lipinski definition) is 5. The van der Waals surface area contributed by atoms with Gasteiger partial charge in [-0.25, -0.2) is 8.42 Å². The Labute approximate surface area is 118 Å². The van der Waals surface area contributed by atoms with Crippen LogP contribution >= 0.6 is 0 Å². The lowest BCUT2D eigenvalue weighted by atomic mass is 10.3. The van der Waals surface area contributed by atoms with Crippen molar-refractivity contribution in [2.24, 2.45) is 0 Å². The highest BCUT2D eigenvalue weighted by Gasteiger charge is 2.18. The molecule has 0 spiro atoms. The first kappa shape index (κ1) is 14.4. The van der Waals surface area contributed by atoms with Crippen LogP contribution in [0.1, 0.15) is 6.92 Å². The van der Waals surface area contributed by atoms with Gasteiger partial charge >= 0.3 is 0 Å². The minimum absolute atomic E-state index is 0.0611. The zero-order valence-electron chi connectivity index (χ0n) is 11.2. The van der Waals surface area contributed by atoms with E-state index in [-0.39, 0.29) is 22.9 Å². The van der Waals surface area contributed by atoms with E-state index in [4.69, 9.17) is 10.5 Å². The van der Waals surface area contributed by atoms with Crippen molar-refractivity contribution < 1.29 is 13.2 Å². The summed E-state index contributed by atoms with van der Waals surface area (Å²) in [5, 5.41) is 3.98. The van der Waals surface area contributed by atoms with Crippen LogP contribution in [0, 0.1) is 0 Å². The van der Waals surface area contributed by atoms with Gasteiger partial charge in [0.05, 0.1) is 29.5 Å². The van der Waals surface area contributed by atoms with Crippen molar-refractivity contribution in [2.45, 2.75) is 18.4 Å². The molecule has 0 unspecified atom stereocenters. The molecule has 0 saturated carbocycles. The predicted octanol–water partition coefficient (Wildman–Crippen LogP) is 1.34. The highest BCUT2D eigenvalue weighted by Crippen LogP contribution is 2.25. The van der Waals surface area contributed by atoms with Gasteiger partial charge in [-0.1, -0.05) is 0 Å². The molecule has 1 heterocycles. The molecule has 0 saturated heterocycles. The molecule has 1 aromatic carbocycles. The van der Waals surface area contributed by atoms with E-state index in [9.17, 15) is 8.42 Å². The van der Waals surface area contributed by atoms with Crippen molar-refractivity contribution in [1.82, 2.24) is 9.78 Å². The number of hydrogen-bond donors (Lipinski definition) is 1. The van der Waals surface area contributed by atoms with Gasteiger partial charge in [0.25, 0.3) is 0 Å². The van der Waals surface area contributed by atoms with Crippen LogP contribution in [0.25, 0.3) is 0 Å². The van der Waals surface area contributed by atoms with Crippen LogP contribution in [0.3, 0.4) is 0 Å². The van der Waals surface area contributed by atoms with Gasteiger partial charge in [0.1, 0.15) is 5.75 Å². The molecule has 20 heavy (non-hydrogen) atoms. The van der Waals surface area contributed by atoms with Crippen LogP contribution in [0.5, 0.6) is 5.75 Å². The second-order valence-electron chi connectivity index (χ2n) is 4.22. The van der Waals surface area contributed by atoms with Gasteiger partial charge in [-0.3, -0.25) is 4.68 Å². The third-order valence-electron chi connectivity index (χ3n) is 2.78. The number of sulfone groups is 1. The van der Waals surface area contributed by atoms with Crippen LogP contribution in [-0.2, 0) is 16.4 Å². The fourth-order valence-electron chi connectivity index (χ4n) is 1.80. The average molecular weight is 295 g/mol. The Morgan fingerprint density at radius 1 is 1.40 bits per heavy atom. The molecule has 0 aliphatic heterocycles. The highest BCUT2D eigenvalue weighted by atomic mass is 32.2. The second-order valence-corrected chi connectivity index (χ2v) is 6.30. The van der Waals surface area contributed by atoms with E-state index in [1.165, 1.54) is 6.07 Å². The summed E-state index contributed by atoms with van der Waals surface area (Å²) in [4.78, 5) is 0.107. The Kier molecular flexibility index (Phi) is 4.29. The van der Waals surface area contributed by atoms with Crippen molar-refractivity contribution >= 4 is 15.5 Å². The lowest BCUT2D eigenvalue weighted by molar-refractivity contribution is 0.339. The van der Waals surface area contributed by atoms with Gasteiger partial charge in [0.15, 0.2) is 9.84 Å². The zero-order valence-corrected chi connectivity index (χ0v) is 12.0. The number of anilines is 1. The van der Waals surface area contributed by atoms with Gasteiger partial charge in [0, 0.05) is 18.5 Å². The molecule has 0 aliphatic rings. The smallest absolute Gasteiger partial charge is 0.182 e. The largest absolute Gasteiger partial charge is 0.494 e. The fraction of sp³-hybridized carbons (Fsp3) is 0.308. The summed E-state index contributed by atoms with van der Waals surface area (Å²) in [6.07, 6.45) is 3.33. The first-order valence-electron chi connectivity index (χ1n) is 6.25. The molecule has 6 nitrogen and oxygen atoms in total. The van der Waals surface area contributed by atoms with E-state index >= 15 is 0 Å².